The van der Waals surface area contributed by atoms with Crippen molar-refractivity contribution in [3.05, 3.63) is 59.3 Å². The van der Waals surface area contributed by atoms with Gasteiger partial charge in [-0.05, 0) is 60.7 Å². The molecule has 0 radical (unpaired) electrons. The van der Waals surface area contributed by atoms with Crippen molar-refractivity contribution in [3.8, 4) is 11.5 Å². The Balaban J connectivity index is 1.45. The van der Waals surface area contributed by atoms with Crippen LogP contribution in [0.5, 0.6) is 11.5 Å². The highest BCUT2D eigenvalue weighted by Crippen LogP contribution is 2.33. The molecule has 1 heterocycles. The quantitative estimate of drug-likeness (QED) is 0.727. The van der Waals surface area contributed by atoms with Crippen LogP contribution in [0.1, 0.15) is 23.2 Å². The summed E-state index contributed by atoms with van der Waals surface area (Å²) < 4.78 is 10.5. The first-order valence-corrected chi connectivity index (χ1v) is 9.26. The van der Waals surface area contributed by atoms with Gasteiger partial charge in [0.15, 0.2) is 0 Å². The number of aryl methyl sites for hydroxylation is 1. The van der Waals surface area contributed by atoms with Gasteiger partial charge >= 0.3 is 0 Å². The lowest BCUT2D eigenvalue weighted by molar-refractivity contribution is -0.125. The average Bonchev–Trinajstić information content (AvgIpc) is 3.09. The van der Waals surface area contributed by atoms with E-state index in [-0.39, 0.29) is 11.8 Å². The molecule has 2 aromatic carbocycles. The van der Waals surface area contributed by atoms with Crippen LogP contribution in [0.15, 0.2) is 42.5 Å². The highest BCUT2D eigenvalue weighted by Gasteiger charge is 2.27. The molecule has 5 nitrogen and oxygen atoms in total. The molecule has 0 saturated heterocycles. The molecule has 1 amide bonds. The Morgan fingerprint density at radius 3 is 2.59 bits per heavy atom. The molecule has 0 aliphatic heterocycles. The molecule has 0 fully saturated rings. The number of hydrogen-bond donors (Lipinski definition) is 2. The van der Waals surface area contributed by atoms with Crippen molar-refractivity contribution in [2.24, 2.45) is 5.92 Å². The molecular formula is C22H24N2O3. The first-order valence-electron chi connectivity index (χ1n) is 9.26. The molecule has 0 saturated carbocycles. The van der Waals surface area contributed by atoms with Gasteiger partial charge in [0.25, 0.3) is 0 Å². The van der Waals surface area contributed by atoms with E-state index in [1.165, 1.54) is 11.3 Å². The van der Waals surface area contributed by atoms with E-state index in [1.54, 1.807) is 14.2 Å². The molecule has 1 aliphatic rings. The first-order chi connectivity index (χ1) is 13.2. The second-order valence-corrected chi connectivity index (χ2v) is 7.00. The van der Waals surface area contributed by atoms with E-state index in [1.807, 2.05) is 36.4 Å². The Morgan fingerprint density at radius 2 is 1.85 bits per heavy atom. The second-order valence-electron chi connectivity index (χ2n) is 7.00. The monoisotopic (exact) mass is 364 g/mol. The van der Waals surface area contributed by atoms with Gasteiger partial charge in [0.1, 0.15) is 11.5 Å². The van der Waals surface area contributed by atoms with Gasteiger partial charge in [0.2, 0.25) is 5.91 Å². The molecule has 3 aromatic rings. The van der Waals surface area contributed by atoms with Crippen LogP contribution in [0.2, 0.25) is 0 Å². The van der Waals surface area contributed by atoms with E-state index in [4.69, 9.17) is 9.47 Å². The summed E-state index contributed by atoms with van der Waals surface area (Å²) in [6.45, 7) is 0.536. The molecule has 0 bridgehead atoms. The van der Waals surface area contributed by atoms with Gasteiger partial charge in [-0.1, -0.05) is 12.1 Å². The number of benzene rings is 2. The summed E-state index contributed by atoms with van der Waals surface area (Å²) in [5.41, 5.74) is 4.68. The van der Waals surface area contributed by atoms with Crippen molar-refractivity contribution in [3.63, 3.8) is 0 Å². The van der Waals surface area contributed by atoms with Gasteiger partial charge < -0.3 is 19.8 Å². The van der Waals surface area contributed by atoms with Crippen LogP contribution in [0.25, 0.3) is 10.9 Å². The standard InChI is InChI=1S/C22H24N2O3/c1-26-16-6-3-14(4-7-16)13-23-22(25)15-5-9-20-18(11-15)19-12-17(27-2)8-10-21(19)24-20/h3-4,6-8,10,12,15,24H,5,9,11,13H2,1-2H3,(H,23,25). The summed E-state index contributed by atoms with van der Waals surface area (Å²) in [5.74, 6) is 1.78. The van der Waals surface area contributed by atoms with E-state index < -0.39 is 0 Å². The summed E-state index contributed by atoms with van der Waals surface area (Å²) in [6.07, 6.45) is 2.52. The van der Waals surface area contributed by atoms with Crippen LogP contribution >= 0.6 is 0 Å². The van der Waals surface area contributed by atoms with Crippen LogP contribution in [0, 0.1) is 5.92 Å². The Kier molecular flexibility index (Phi) is 4.75. The maximum atomic E-state index is 12.7. The molecule has 4 rings (SSSR count). The lowest BCUT2D eigenvalue weighted by atomic mass is 9.85. The highest BCUT2D eigenvalue weighted by atomic mass is 16.5. The van der Waals surface area contributed by atoms with Gasteiger partial charge in [-0.25, -0.2) is 0 Å². The smallest absolute Gasteiger partial charge is 0.223 e. The van der Waals surface area contributed by atoms with Gasteiger partial charge in [0.05, 0.1) is 14.2 Å². The summed E-state index contributed by atoms with van der Waals surface area (Å²) in [4.78, 5) is 16.2. The number of carbonyl (C=O) groups is 1. The molecule has 5 heteroatoms. The molecule has 2 N–H and O–H groups in total. The predicted octanol–water partition coefficient (Wildman–Crippen LogP) is 3.61. The van der Waals surface area contributed by atoms with Crippen molar-refractivity contribution >= 4 is 16.8 Å². The molecule has 0 spiro atoms. The van der Waals surface area contributed by atoms with Crippen LogP contribution < -0.4 is 14.8 Å². The van der Waals surface area contributed by atoms with Gasteiger partial charge in [-0.3, -0.25) is 4.79 Å². The van der Waals surface area contributed by atoms with Crippen molar-refractivity contribution in [2.45, 2.75) is 25.8 Å². The lowest BCUT2D eigenvalue weighted by Crippen LogP contribution is -2.33. The fourth-order valence-electron chi connectivity index (χ4n) is 3.82. The minimum atomic E-state index is 0.000879. The SMILES string of the molecule is COc1ccc(CNC(=O)C2CCc3[nH]c4ccc(OC)cc4c3C2)cc1. The van der Waals surface area contributed by atoms with E-state index in [0.29, 0.717) is 6.54 Å². The Morgan fingerprint density at radius 1 is 1.11 bits per heavy atom. The molecule has 1 unspecified atom stereocenters. The fourth-order valence-corrected chi connectivity index (χ4v) is 3.82. The second kappa shape index (κ2) is 7.35. The third-order valence-electron chi connectivity index (χ3n) is 5.39. The van der Waals surface area contributed by atoms with E-state index in [2.05, 4.69) is 16.4 Å². The number of hydrogen-bond acceptors (Lipinski definition) is 3. The van der Waals surface area contributed by atoms with Crippen LogP contribution in [-0.4, -0.2) is 25.1 Å². The summed E-state index contributed by atoms with van der Waals surface area (Å²) in [6, 6.07) is 13.8. The van der Waals surface area contributed by atoms with Gasteiger partial charge in [-0.2, -0.15) is 0 Å². The summed E-state index contributed by atoms with van der Waals surface area (Å²) >= 11 is 0. The van der Waals surface area contributed by atoms with Gasteiger partial charge in [0, 0.05) is 29.1 Å². The maximum Gasteiger partial charge on any atom is 0.223 e. The first kappa shape index (κ1) is 17.5. The maximum absolute atomic E-state index is 12.7. The Labute approximate surface area is 158 Å². The molecule has 140 valence electrons. The molecule has 1 atom stereocenters. The van der Waals surface area contributed by atoms with Crippen LogP contribution in [0.3, 0.4) is 0 Å². The minimum absolute atomic E-state index is 0.000879. The highest BCUT2D eigenvalue weighted by molar-refractivity contribution is 5.88. The normalized spacial score (nSPS) is 16.0. The van der Waals surface area contributed by atoms with Crippen molar-refractivity contribution in [1.82, 2.24) is 10.3 Å². The predicted molar refractivity (Wildman–Crippen MR) is 105 cm³/mol. The number of ether oxygens (including phenoxy) is 2. The molecular weight excluding hydrogens is 340 g/mol. The average molecular weight is 364 g/mol. The largest absolute Gasteiger partial charge is 0.497 e. The third-order valence-corrected chi connectivity index (χ3v) is 5.39. The number of nitrogens with one attached hydrogen (secondary N) is 2. The third kappa shape index (κ3) is 3.50. The topological polar surface area (TPSA) is 63.3 Å². The van der Waals surface area contributed by atoms with E-state index >= 15 is 0 Å². The van der Waals surface area contributed by atoms with Crippen LogP contribution in [0.4, 0.5) is 0 Å². The number of rotatable bonds is 5. The Hall–Kier alpha value is -2.95. The molecule has 27 heavy (non-hydrogen) atoms. The number of carbonyl (C=O) groups excluding carboxylic acids is 1. The van der Waals surface area contributed by atoms with Crippen molar-refractivity contribution < 1.29 is 14.3 Å². The number of aromatic nitrogens is 1. The Bertz CT molecular complexity index is 960. The van der Waals surface area contributed by atoms with E-state index in [9.17, 15) is 4.79 Å². The van der Waals surface area contributed by atoms with Crippen molar-refractivity contribution in [2.75, 3.05) is 14.2 Å². The lowest BCUT2D eigenvalue weighted by Gasteiger charge is -2.22. The summed E-state index contributed by atoms with van der Waals surface area (Å²) in [5, 5.41) is 4.25. The minimum Gasteiger partial charge on any atom is -0.497 e. The van der Waals surface area contributed by atoms with Crippen LogP contribution in [-0.2, 0) is 24.2 Å². The van der Waals surface area contributed by atoms with E-state index in [0.717, 1.165) is 47.2 Å². The number of aromatic amines is 1. The van der Waals surface area contributed by atoms with Gasteiger partial charge in [-0.15, -0.1) is 0 Å². The summed E-state index contributed by atoms with van der Waals surface area (Å²) in [7, 11) is 3.32. The zero-order valence-corrected chi connectivity index (χ0v) is 15.7. The zero-order chi connectivity index (χ0) is 18.8. The number of methoxy groups -OCH3 is 2. The molecule has 1 aromatic heterocycles. The fraction of sp³-hybridized carbons (Fsp3) is 0.318. The number of H-pyrrole nitrogens is 1. The molecule has 1 aliphatic carbocycles. The number of amides is 1. The van der Waals surface area contributed by atoms with Crippen molar-refractivity contribution in [1.29, 1.82) is 0 Å². The zero-order valence-electron chi connectivity index (χ0n) is 15.7. The number of fused-ring (bicyclic) bond motifs is 3.